The van der Waals surface area contributed by atoms with E-state index in [1.54, 1.807) is 6.08 Å². The van der Waals surface area contributed by atoms with Crippen molar-refractivity contribution in [2.24, 2.45) is 4.99 Å². The van der Waals surface area contributed by atoms with Gasteiger partial charge in [-0.15, -0.1) is 24.0 Å². The van der Waals surface area contributed by atoms with E-state index in [4.69, 9.17) is 4.74 Å². The first-order chi connectivity index (χ1) is 12.2. The lowest BCUT2D eigenvalue weighted by atomic mass is 10.2. The van der Waals surface area contributed by atoms with Crippen LogP contribution in [0.15, 0.2) is 41.9 Å². The summed E-state index contributed by atoms with van der Waals surface area (Å²) in [6, 6.07) is 8.73. The van der Waals surface area contributed by atoms with Crippen LogP contribution >= 0.6 is 24.0 Å². The number of likely N-dealkylation sites (tertiary alicyclic amines) is 1. The smallest absolute Gasteiger partial charge is 0.193 e. The minimum absolute atomic E-state index is 0. The molecule has 2 rings (SSSR count). The molecule has 1 heterocycles. The standard InChI is InChI=1S/C20H32N4O.HI/c1-5-14-25-19-11-9-8-10-17(19)15-22-20(21-4)24-13-12-18(16-24)23(6-2)7-3;/h5,8-11,18H,1,6-7,12-16H2,2-4H3,(H,21,22);1H. The molecule has 0 spiro atoms. The lowest BCUT2D eigenvalue weighted by Gasteiger charge is -2.27. The van der Waals surface area contributed by atoms with Crippen LogP contribution in [-0.2, 0) is 6.54 Å². The van der Waals surface area contributed by atoms with Crippen LogP contribution in [0.2, 0.25) is 0 Å². The van der Waals surface area contributed by atoms with Crippen LogP contribution < -0.4 is 10.1 Å². The number of para-hydroxylation sites is 1. The minimum atomic E-state index is 0. The number of ether oxygens (including phenoxy) is 1. The summed E-state index contributed by atoms with van der Waals surface area (Å²) < 4.78 is 5.74. The first-order valence-corrected chi connectivity index (χ1v) is 9.24. The molecule has 0 aromatic heterocycles. The average Bonchev–Trinajstić information content (AvgIpc) is 3.12. The fraction of sp³-hybridized carbons (Fsp3) is 0.550. The molecule has 1 aromatic carbocycles. The summed E-state index contributed by atoms with van der Waals surface area (Å²) in [6.07, 6.45) is 2.96. The van der Waals surface area contributed by atoms with Crippen molar-refractivity contribution in [3.05, 3.63) is 42.5 Å². The van der Waals surface area contributed by atoms with Gasteiger partial charge in [-0.3, -0.25) is 9.89 Å². The molecule has 1 unspecified atom stereocenters. The van der Waals surface area contributed by atoms with Crippen molar-refractivity contribution in [2.45, 2.75) is 32.9 Å². The van der Waals surface area contributed by atoms with E-state index in [0.29, 0.717) is 19.2 Å². The Kier molecular flexibility index (Phi) is 10.7. The number of halogens is 1. The van der Waals surface area contributed by atoms with E-state index in [0.717, 1.165) is 43.5 Å². The maximum absolute atomic E-state index is 5.74. The van der Waals surface area contributed by atoms with Crippen LogP contribution in [0.5, 0.6) is 5.75 Å². The molecule has 26 heavy (non-hydrogen) atoms. The Balaban J connectivity index is 0.00000338. The Labute approximate surface area is 175 Å². The third-order valence-corrected chi connectivity index (χ3v) is 4.77. The normalized spacial score (nSPS) is 17.2. The van der Waals surface area contributed by atoms with E-state index in [-0.39, 0.29) is 24.0 Å². The largest absolute Gasteiger partial charge is 0.489 e. The van der Waals surface area contributed by atoms with Gasteiger partial charge in [-0.25, -0.2) is 0 Å². The van der Waals surface area contributed by atoms with Gasteiger partial charge in [0, 0.05) is 38.3 Å². The van der Waals surface area contributed by atoms with Crippen LogP contribution in [0.25, 0.3) is 0 Å². The van der Waals surface area contributed by atoms with Crippen molar-refractivity contribution in [3.8, 4) is 5.75 Å². The fourth-order valence-corrected chi connectivity index (χ4v) is 3.42. The number of hydrogen-bond acceptors (Lipinski definition) is 3. The summed E-state index contributed by atoms with van der Waals surface area (Å²) in [7, 11) is 1.85. The molecular formula is C20H33IN4O. The van der Waals surface area contributed by atoms with Crippen LogP contribution in [0, 0.1) is 0 Å². The first kappa shape index (κ1) is 22.8. The lowest BCUT2D eigenvalue weighted by molar-refractivity contribution is 0.223. The molecule has 0 amide bonds. The van der Waals surface area contributed by atoms with Crippen LogP contribution in [0.4, 0.5) is 0 Å². The van der Waals surface area contributed by atoms with Gasteiger partial charge in [0.2, 0.25) is 0 Å². The highest BCUT2D eigenvalue weighted by Gasteiger charge is 2.27. The summed E-state index contributed by atoms with van der Waals surface area (Å²) in [5.41, 5.74) is 1.13. The number of hydrogen-bond donors (Lipinski definition) is 1. The van der Waals surface area contributed by atoms with E-state index in [1.165, 1.54) is 6.42 Å². The molecule has 1 aliphatic rings. The van der Waals surface area contributed by atoms with Gasteiger partial charge >= 0.3 is 0 Å². The number of guanidine groups is 1. The SMILES string of the molecule is C=CCOc1ccccc1CNC(=NC)N1CCC(N(CC)CC)C1.I. The van der Waals surface area contributed by atoms with Gasteiger partial charge in [-0.05, 0) is 25.6 Å². The molecule has 6 heteroatoms. The second-order valence-corrected chi connectivity index (χ2v) is 6.22. The third kappa shape index (κ3) is 6.16. The Morgan fingerprint density at radius 1 is 1.38 bits per heavy atom. The van der Waals surface area contributed by atoms with Gasteiger partial charge in [0.05, 0.1) is 0 Å². The number of nitrogens with one attached hydrogen (secondary N) is 1. The molecular weight excluding hydrogens is 439 g/mol. The zero-order chi connectivity index (χ0) is 18.1. The molecule has 0 saturated carbocycles. The molecule has 5 nitrogen and oxygen atoms in total. The van der Waals surface area contributed by atoms with E-state index < -0.39 is 0 Å². The van der Waals surface area contributed by atoms with Gasteiger partial charge in [0.15, 0.2) is 5.96 Å². The number of rotatable bonds is 8. The average molecular weight is 472 g/mol. The molecule has 146 valence electrons. The fourth-order valence-electron chi connectivity index (χ4n) is 3.42. The Bertz CT molecular complexity index is 575. The van der Waals surface area contributed by atoms with Crippen molar-refractivity contribution in [2.75, 3.05) is 39.8 Å². The zero-order valence-corrected chi connectivity index (χ0v) is 18.6. The van der Waals surface area contributed by atoms with Crippen molar-refractivity contribution in [1.82, 2.24) is 15.1 Å². The van der Waals surface area contributed by atoms with Crippen molar-refractivity contribution >= 4 is 29.9 Å². The molecule has 1 atom stereocenters. The van der Waals surface area contributed by atoms with Crippen LogP contribution in [0.1, 0.15) is 25.8 Å². The van der Waals surface area contributed by atoms with E-state index in [2.05, 4.69) is 46.6 Å². The van der Waals surface area contributed by atoms with Gasteiger partial charge in [0.25, 0.3) is 0 Å². The van der Waals surface area contributed by atoms with Crippen LogP contribution in [0.3, 0.4) is 0 Å². The van der Waals surface area contributed by atoms with Crippen molar-refractivity contribution in [1.29, 1.82) is 0 Å². The predicted molar refractivity (Wildman–Crippen MR) is 121 cm³/mol. The number of aliphatic imine (C=N–C) groups is 1. The predicted octanol–water partition coefficient (Wildman–Crippen LogP) is 3.36. The second kappa shape index (κ2) is 12.2. The summed E-state index contributed by atoms with van der Waals surface area (Å²) in [6.45, 7) is 13.7. The first-order valence-electron chi connectivity index (χ1n) is 9.24. The highest BCUT2D eigenvalue weighted by Crippen LogP contribution is 2.19. The van der Waals surface area contributed by atoms with Crippen molar-refractivity contribution in [3.63, 3.8) is 0 Å². The highest BCUT2D eigenvalue weighted by atomic mass is 127. The topological polar surface area (TPSA) is 40.1 Å². The number of nitrogens with zero attached hydrogens (tertiary/aromatic N) is 3. The monoisotopic (exact) mass is 472 g/mol. The Morgan fingerprint density at radius 2 is 2.12 bits per heavy atom. The molecule has 1 aromatic rings. The quantitative estimate of drug-likeness (QED) is 0.273. The molecule has 1 aliphatic heterocycles. The van der Waals surface area contributed by atoms with Gasteiger partial charge in [-0.1, -0.05) is 44.7 Å². The third-order valence-electron chi connectivity index (χ3n) is 4.77. The molecule has 0 radical (unpaired) electrons. The highest BCUT2D eigenvalue weighted by molar-refractivity contribution is 14.0. The number of benzene rings is 1. The lowest BCUT2D eigenvalue weighted by Crippen LogP contribution is -2.43. The summed E-state index contributed by atoms with van der Waals surface area (Å²) in [5.74, 6) is 1.86. The summed E-state index contributed by atoms with van der Waals surface area (Å²) >= 11 is 0. The number of likely N-dealkylation sites (N-methyl/N-ethyl adjacent to an activating group) is 1. The maximum Gasteiger partial charge on any atom is 0.193 e. The van der Waals surface area contributed by atoms with E-state index in [1.807, 2.05) is 25.2 Å². The second-order valence-electron chi connectivity index (χ2n) is 6.22. The molecule has 0 aliphatic carbocycles. The van der Waals surface area contributed by atoms with Gasteiger partial charge in [-0.2, -0.15) is 0 Å². The summed E-state index contributed by atoms with van der Waals surface area (Å²) in [4.78, 5) is 9.37. The van der Waals surface area contributed by atoms with Crippen molar-refractivity contribution < 1.29 is 4.74 Å². The van der Waals surface area contributed by atoms with Gasteiger partial charge in [0.1, 0.15) is 12.4 Å². The Morgan fingerprint density at radius 3 is 2.77 bits per heavy atom. The van der Waals surface area contributed by atoms with Crippen LogP contribution in [-0.4, -0.2) is 61.6 Å². The summed E-state index contributed by atoms with van der Waals surface area (Å²) in [5, 5.41) is 3.49. The minimum Gasteiger partial charge on any atom is -0.489 e. The molecule has 1 saturated heterocycles. The maximum atomic E-state index is 5.74. The van der Waals surface area contributed by atoms with Gasteiger partial charge < -0.3 is 15.0 Å². The van der Waals surface area contributed by atoms with E-state index in [9.17, 15) is 0 Å². The molecule has 0 bridgehead atoms. The van der Waals surface area contributed by atoms with E-state index >= 15 is 0 Å². The molecule has 1 N–H and O–H groups in total. The zero-order valence-electron chi connectivity index (χ0n) is 16.3. The molecule has 1 fully saturated rings. The Hall–Kier alpha value is -1.28.